The number of sulfonamides is 1. The molecule has 2 aromatic heterocycles. The highest BCUT2D eigenvalue weighted by Crippen LogP contribution is 2.23. The van der Waals surface area contributed by atoms with E-state index in [2.05, 4.69) is 15.0 Å². The normalized spacial score (nSPS) is 16.2. The number of hydrogen-bond donors (Lipinski definition) is 2. The fourth-order valence-corrected chi connectivity index (χ4v) is 5.45. The second-order valence-electron chi connectivity index (χ2n) is 5.38. The number of nitrogens with one attached hydrogen (secondary N) is 2. The molecule has 1 aliphatic rings. The lowest BCUT2D eigenvalue weighted by atomic mass is 9.95. The summed E-state index contributed by atoms with van der Waals surface area (Å²) in [7, 11) is -3.62. The van der Waals surface area contributed by atoms with Crippen LogP contribution in [0.3, 0.4) is 0 Å². The largest absolute Gasteiger partial charge is 0.348 e. The third-order valence-electron chi connectivity index (χ3n) is 3.66. The first kappa shape index (κ1) is 16.4. The molecule has 0 aromatic carbocycles. The molecule has 124 valence electrons. The number of rotatable bonds is 5. The Balaban J connectivity index is 1.64. The van der Waals surface area contributed by atoms with E-state index >= 15 is 0 Å². The summed E-state index contributed by atoms with van der Waals surface area (Å²) in [5.74, 6) is -0.241. The molecule has 23 heavy (non-hydrogen) atoms. The van der Waals surface area contributed by atoms with Gasteiger partial charge in [0.1, 0.15) is 9.90 Å². The van der Waals surface area contributed by atoms with Gasteiger partial charge < -0.3 is 5.32 Å². The van der Waals surface area contributed by atoms with Crippen LogP contribution in [0.4, 0.5) is 5.13 Å². The van der Waals surface area contributed by atoms with Crippen LogP contribution in [0, 0.1) is 0 Å². The van der Waals surface area contributed by atoms with Gasteiger partial charge >= 0.3 is 0 Å². The summed E-state index contributed by atoms with van der Waals surface area (Å²) in [5.41, 5.74) is 0.254. The van der Waals surface area contributed by atoms with Gasteiger partial charge in [0.05, 0.1) is 0 Å². The third kappa shape index (κ3) is 4.10. The smallest absolute Gasteiger partial charge is 0.273 e. The Morgan fingerprint density at radius 1 is 1.22 bits per heavy atom. The molecule has 3 rings (SSSR count). The summed E-state index contributed by atoms with van der Waals surface area (Å²) in [6, 6.07) is 3.39. The van der Waals surface area contributed by atoms with Crippen molar-refractivity contribution in [2.45, 2.75) is 42.4 Å². The van der Waals surface area contributed by atoms with Crippen molar-refractivity contribution in [1.29, 1.82) is 0 Å². The Hall–Kier alpha value is -1.45. The number of carbonyl (C=O) groups is 1. The van der Waals surface area contributed by atoms with E-state index in [-0.39, 0.29) is 27.0 Å². The van der Waals surface area contributed by atoms with Crippen LogP contribution in [0.25, 0.3) is 0 Å². The van der Waals surface area contributed by atoms with Gasteiger partial charge in [-0.1, -0.05) is 25.3 Å². The van der Waals surface area contributed by atoms with Crippen molar-refractivity contribution < 1.29 is 13.2 Å². The van der Waals surface area contributed by atoms with Gasteiger partial charge in [0.15, 0.2) is 5.13 Å². The molecule has 6 nitrogen and oxygen atoms in total. The lowest BCUT2D eigenvalue weighted by molar-refractivity contribution is 0.0923. The SMILES string of the molecule is O=C(NC1CCCCC1)c1csc(NS(=O)(=O)c2cccs2)n1. The van der Waals surface area contributed by atoms with Crippen LogP contribution in [-0.4, -0.2) is 25.4 Å². The Labute approximate surface area is 143 Å². The maximum Gasteiger partial charge on any atom is 0.273 e. The third-order valence-corrected chi connectivity index (χ3v) is 7.28. The summed E-state index contributed by atoms with van der Waals surface area (Å²) < 4.78 is 26.9. The Morgan fingerprint density at radius 2 is 2.00 bits per heavy atom. The number of anilines is 1. The molecule has 0 saturated heterocycles. The lowest BCUT2D eigenvalue weighted by Gasteiger charge is -2.22. The standard InChI is InChI=1S/C14H17N3O3S3/c18-13(15-10-5-2-1-3-6-10)11-9-22-14(16-11)17-23(19,20)12-7-4-8-21-12/h4,7-10H,1-3,5-6H2,(H,15,18)(H,16,17). The lowest BCUT2D eigenvalue weighted by Crippen LogP contribution is -2.36. The molecule has 0 unspecified atom stereocenters. The molecular weight excluding hydrogens is 354 g/mol. The van der Waals surface area contributed by atoms with Gasteiger partial charge in [-0.25, -0.2) is 13.4 Å². The van der Waals surface area contributed by atoms with Crippen molar-refractivity contribution in [2.75, 3.05) is 4.72 Å². The van der Waals surface area contributed by atoms with E-state index in [1.54, 1.807) is 16.8 Å². The van der Waals surface area contributed by atoms with Gasteiger partial charge in [-0.2, -0.15) is 0 Å². The molecule has 0 radical (unpaired) electrons. The number of nitrogens with zero attached hydrogens (tertiary/aromatic N) is 1. The molecule has 0 atom stereocenters. The Bertz CT molecular complexity index is 762. The van der Waals surface area contributed by atoms with Crippen molar-refractivity contribution in [1.82, 2.24) is 10.3 Å². The second-order valence-corrected chi connectivity index (χ2v) is 9.10. The highest BCUT2D eigenvalue weighted by Gasteiger charge is 2.21. The maximum atomic E-state index is 12.2. The van der Waals surface area contributed by atoms with E-state index in [1.165, 1.54) is 12.5 Å². The number of carbonyl (C=O) groups excluding carboxylic acids is 1. The van der Waals surface area contributed by atoms with Crippen molar-refractivity contribution in [3.63, 3.8) is 0 Å². The molecule has 9 heteroatoms. The van der Waals surface area contributed by atoms with E-state index in [0.717, 1.165) is 48.4 Å². The van der Waals surface area contributed by atoms with Crippen molar-refractivity contribution >= 4 is 43.7 Å². The molecule has 2 heterocycles. The van der Waals surface area contributed by atoms with Crippen LogP contribution >= 0.6 is 22.7 Å². The van der Waals surface area contributed by atoms with E-state index < -0.39 is 10.0 Å². The topological polar surface area (TPSA) is 88.2 Å². The van der Waals surface area contributed by atoms with Crippen molar-refractivity contribution in [3.8, 4) is 0 Å². The second kappa shape index (κ2) is 6.98. The Kier molecular flexibility index (Phi) is 4.98. The van der Waals surface area contributed by atoms with E-state index in [4.69, 9.17) is 0 Å². The van der Waals surface area contributed by atoms with Crippen LogP contribution in [0.1, 0.15) is 42.6 Å². The monoisotopic (exact) mass is 371 g/mol. The molecule has 1 aliphatic carbocycles. The van der Waals surface area contributed by atoms with E-state index in [1.807, 2.05) is 0 Å². The quantitative estimate of drug-likeness (QED) is 0.845. The highest BCUT2D eigenvalue weighted by atomic mass is 32.2. The van der Waals surface area contributed by atoms with Crippen molar-refractivity contribution in [3.05, 3.63) is 28.6 Å². The van der Waals surface area contributed by atoms with Crippen molar-refractivity contribution in [2.24, 2.45) is 0 Å². The first-order valence-corrected chi connectivity index (χ1v) is 10.6. The molecule has 1 saturated carbocycles. The van der Waals surface area contributed by atoms with E-state index in [9.17, 15) is 13.2 Å². The molecule has 1 amide bonds. The number of thiazole rings is 1. The number of amides is 1. The molecular formula is C14H17N3O3S3. The highest BCUT2D eigenvalue weighted by molar-refractivity contribution is 7.94. The fourth-order valence-electron chi connectivity index (χ4n) is 2.51. The number of thiophene rings is 1. The predicted octanol–water partition coefficient (Wildman–Crippen LogP) is 3.07. The van der Waals surface area contributed by atoms with E-state index in [0.29, 0.717) is 0 Å². The minimum atomic E-state index is -3.62. The average Bonchev–Trinajstić information content (AvgIpc) is 3.19. The minimum Gasteiger partial charge on any atom is -0.348 e. The molecule has 0 bridgehead atoms. The summed E-state index contributed by atoms with van der Waals surface area (Å²) in [6.45, 7) is 0. The maximum absolute atomic E-state index is 12.2. The van der Waals surface area contributed by atoms with Crippen LogP contribution in [0.2, 0.25) is 0 Å². The molecule has 1 fully saturated rings. The molecule has 0 spiro atoms. The van der Waals surface area contributed by atoms with Gasteiger partial charge in [0.2, 0.25) is 0 Å². The van der Waals surface area contributed by atoms with Crippen LogP contribution in [0.15, 0.2) is 27.1 Å². The van der Waals surface area contributed by atoms with Gasteiger partial charge in [-0.3, -0.25) is 9.52 Å². The van der Waals surface area contributed by atoms with Crippen LogP contribution in [0.5, 0.6) is 0 Å². The van der Waals surface area contributed by atoms with Crippen LogP contribution < -0.4 is 10.0 Å². The fraction of sp³-hybridized carbons (Fsp3) is 0.429. The van der Waals surface area contributed by atoms with Gasteiger partial charge in [-0.05, 0) is 24.3 Å². The van der Waals surface area contributed by atoms with Gasteiger partial charge in [0, 0.05) is 11.4 Å². The van der Waals surface area contributed by atoms with Crippen LogP contribution in [-0.2, 0) is 10.0 Å². The summed E-state index contributed by atoms with van der Waals surface area (Å²) >= 11 is 2.24. The summed E-state index contributed by atoms with van der Waals surface area (Å²) in [6.07, 6.45) is 5.47. The molecule has 2 aromatic rings. The predicted molar refractivity (Wildman–Crippen MR) is 91.6 cm³/mol. The van der Waals surface area contributed by atoms with Gasteiger partial charge in [-0.15, -0.1) is 22.7 Å². The zero-order valence-electron chi connectivity index (χ0n) is 12.3. The molecule has 2 N–H and O–H groups in total. The Morgan fingerprint density at radius 3 is 2.70 bits per heavy atom. The number of hydrogen-bond acceptors (Lipinski definition) is 6. The number of aromatic nitrogens is 1. The average molecular weight is 372 g/mol. The first-order valence-electron chi connectivity index (χ1n) is 7.37. The van der Waals surface area contributed by atoms with Gasteiger partial charge in [0.25, 0.3) is 15.9 Å². The zero-order chi connectivity index (χ0) is 16.3. The molecule has 0 aliphatic heterocycles. The first-order chi connectivity index (χ1) is 11.0. The zero-order valence-corrected chi connectivity index (χ0v) is 14.8. The minimum absolute atomic E-state index is 0.198. The summed E-state index contributed by atoms with van der Waals surface area (Å²) in [4.78, 5) is 16.3. The summed E-state index contributed by atoms with van der Waals surface area (Å²) in [5, 5.41) is 6.44.